The molecular weight excluding hydrogens is 268 g/mol. The fourth-order valence-corrected chi connectivity index (χ4v) is 3.52. The molecule has 1 saturated heterocycles. The van der Waals surface area contributed by atoms with Crippen LogP contribution in [0.2, 0.25) is 0 Å². The second-order valence-corrected chi connectivity index (χ2v) is 6.83. The van der Waals surface area contributed by atoms with Crippen LogP contribution in [-0.4, -0.2) is 41.1 Å². The molecule has 1 atom stereocenters. The average molecular weight is 294 g/mol. The van der Waals surface area contributed by atoms with E-state index in [1.165, 1.54) is 17.9 Å². The zero-order valence-corrected chi connectivity index (χ0v) is 13.8. The Morgan fingerprint density at radius 2 is 2.25 bits per heavy atom. The standard InChI is InChI=1S/C15H26N4S/c1-5-7-16-13-9-14(18-15(17-13)11(2)3)19(4)12-6-8-20-10-12/h9,11-12H,5-8,10H2,1-4H3,(H,16,17,18). The summed E-state index contributed by atoms with van der Waals surface area (Å²) in [5.74, 6) is 5.75. The number of anilines is 2. The summed E-state index contributed by atoms with van der Waals surface area (Å²) in [6.45, 7) is 7.42. The van der Waals surface area contributed by atoms with Gasteiger partial charge in [0, 0.05) is 37.4 Å². The van der Waals surface area contributed by atoms with Crippen molar-refractivity contribution < 1.29 is 0 Å². The highest BCUT2D eigenvalue weighted by Gasteiger charge is 2.22. The molecule has 1 aliphatic rings. The summed E-state index contributed by atoms with van der Waals surface area (Å²) in [7, 11) is 2.16. The van der Waals surface area contributed by atoms with Crippen LogP contribution in [0.25, 0.3) is 0 Å². The van der Waals surface area contributed by atoms with Crippen molar-refractivity contribution in [2.75, 3.05) is 35.3 Å². The van der Waals surface area contributed by atoms with E-state index in [0.29, 0.717) is 12.0 Å². The van der Waals surface area contributed by atoms with Crippen molar-refractivity contribution in [2.24, 2.45) is 0 Å². The van der Waals surface area contributed by atoms with Gasteiger partial charge < -0.3 is 10.2 Å². The third-order valence-electron chi connectivity index (χ3n) is 3.62. The third-order valence-corrected chi connectivity index (χ3v) is 4.76. The highest BCUT2D eigenvalue weighted by atomic mass is 32.2. The molecule has 0 radical (unpaired) electrons. The first-order chi connectivity index (χ1) is 9.61. The van der Waals surface area contributed by atoms with Gasteiger partial charge in [0.25, 0.3) is 0 Å². The second-order valence-electron chi connectivity index (χ2n) is 5.68. The number of hydrogen-bond donors (Lipinski definition) is 1. The van der Waals surface area contributed by atoms with E-state index in [-0.39, 0.29) is 0 Å². The van der Waals surface area contributed by atoms with Crippen molar-refractivity contribution >= 4 is 23.4 Å². The molecule has 20 heavy (non-hydrogen) atoms. The Bertz CT molecular complexity index is 430. The topological polar surface area (TPSA) is 41.0 Å². The van der Waals surface area contributed by atoms with Crippen LogP contribution in [0.4, 0.5) is 11.6 Å². The number of rotatable bonds is 6. The molecule has 1 N–H and O–H groups in total. The van der Waals surface area contributed by atoms with Crippen molar-refractivity contribution in [2.45, 2.75) is 45.6 Å². The molecule has 0 amide bonds. The Morgan fingerprint density at radius 1 is 1.45 bits per heavy atom. The minimum absolute atomic E-state index is 0.350. The van der Waals surface area contributed by atoms with Crippen molar-refractivity contribution in [1.82, 2.24) is 9.97 Å². The first-order valence-corrected chi connectivity index (χ1v) is 8.70. The number of hydrogen-bond acceptors (Lipinski definition) is 5. The predicted molar refractivity (Wildman–Crippen MR) is 89.0 cm³/mol. The van der Waals surface area contributed by atoms with Gasteiger partial charge in [-0.3, -0.25) is 0 Å². The highest BCUT2D eigenvalue weighted by Crippen LogP contribution is 2.27. The SMILES string of the molecule is CCCNc1cc(N(C)C2CCSC2)nc(C(C)C)n1. The van der Waals surface area contributed by atoms with Gasteiger partial charge >= 0.3 is 0 Å². The summed E-state index contributed by atoms with van der Waals surface area (Å²) < 4.78 is 0. The van der Waals surface area contributed by atoms with Gasteiger partial charge in [-0.05, 0) is 18.6 Å². The number of aromatic nitrogens is 2. The van der Waals surface area contributed by atoms with Crippen LogP contribution >= 0.6 is 11.8 Å². The molecule has 1 aromatic heterocycles. The van der Waals surface area contributed by atoms with E-state index >= 15 is 0 Å². The monoisotopic (exact) mass is 294 g/mol. The fourth-order valence-electron chi connectivity index (χ4n) is 2.25. The fraction of sp³-hybridized carbons (Fsp3) is 0.733. The maximum Gasteiger partial charge on any atom is 0.135 e. The summed E-state index contributed by atoms with van der Waals surface area (Å²) in [5.41, 5.74) is 0. The first-order valence-electron chi connectivity index (χ1n) is 7.55. The van der Waals surface area contributed by atoms with Gasteiger partial charge in [-0.2, -0.15) is 11.8 Å². The average Bonchev–Trinajstić information content (AvgIpc) is 2.98. The molecule has 5 heteroatoms. The molecule has 1 aliphatic heterocycles. The van der Waals surface area contributed by atoms with Gasteiger partial charge in [0.05, 0.1) is 0 Å². The van der Waals surface area contributed by atoms with Crippen molar-refractivity contribution in [3.05, 3.63) is 11.9 Å². The molecule has 0 bridgehead atoms. The maximum absolute atomic E-state index is 4.75. The highest BCUT2D eigenvalue weighted by molar-refractivity contribution is 7.99. The lowest BCUT2D eigenvalue weighted by Gasteiger charge is -2.26. The molecule has 0 spiro atoms. The zero-order valence-electron chi connectivity index (χ0n) is 13.0. The van der Waals surface area contributed by atoms with Gasteiger partial charge in [0.2, 0.25) is 0 Å². The number of nitrogens with zero attached hydrogens (tertiary/aromatic N) is 3. The molecule has 0 aliphatic carbocycles. The van der Waals surface area contributed by atoms with E-state index in [2.05, 4.69) is 49.1 Å². The molecule has 2 rings (SSSR count). The Labute approximate surface area is 126 Å². The Kier molecular flexibility index (Phi) is 5.52. The van der Waals surface area contributed by atoms with Crippen molar-refractivity contribution in [1.29, 1.82) is 0 Å². The van der Waals surface area contributed by atoms with Crippen LogP contribution < -0.4 is 10.2 Å². The quantitative estimate of drug-likeness (QED) is 0.871. The van der Waals surface area contributed by atoms with E-state index in [0.717, 1.165) is 30.4 Å². The van der Waals surface area contributed by atoms with Crippen molar-refractivity contribution in [3.8, 4) is 0 Å². The van der Waals surface area contributed by atoms with Gasteiger partial charge in [-0.1, -0.05) is 20.8 Å². The normalized spacial score (nSPS) is 18.6. The molecular formula is C15H26N4S. The Morgan fingerprint density at radius 3 is 2.85 bits per heavy atom. The van der Waals surface area contributed by atoms with Crippen molar-refractivity contribution in [3.63, 3.8) is 0 Å². The lowest BCUT2D eigenvalue weighted by molar-refractivity contribution is 0.681. The van der Waals surface area contributed by atoms with Crippen LogP contribution in [0, 0.1) is 0 Å². The minimum Gasteiger partial charge on any atom is -0.370 e. The zero-order chi connectivity index (χ0) is 14.5. The molecule has 0 saturated carbocycles. The molecule has 112 valence electrons. The molecule has 0 aromatic carbocycles. The van der Waals surface area contributed by atoms with Crippen LogP contribution in [0.3, 0.4) is 0 Å². The molecule has 1 fully saturated rings. The van der Waals surface area contributed by atoms with Gasteiger partial charge in [0.15, 0.2) is 0 Å². The number of thioether (sulfide) groups is 1. The smallest absolute Gasteiger partial charge is 0.135 e. The van der Waals surface area contributed by atoms with Crippen LogP contribution in [0.1, 0.15) is 45.4 Å². The largest absolute Gasteiger partial charge is 0.370 e. The first kappa shape index (κ1) is 15.4. The molecule has 1 unspecified atom stereocenters. The summed E-state index contributed by atoms with van der Waals surface area (Å²) in [6.07, 6.45) is 2.35. The van der Waals surface area contributed by atoms with E-state index < -0.39 is 0 Å². The summed E-state index contributed by atoms with van der Waals surface area (Å²) in [5, 5.41) is 3.39. The van der Waals surface area contributed by atoms with Crippen LogP contribution in [-0.2, 0) is 0 Å². The van der Waals surface area contributed by atoms with E-state index in [1.54, 1.807) is 0 Å². The molecule has 2 heterocycles. The lowest BCUT2D eigenvalue weighted by atomic mass is 10.2. The number of nitrogens with one attached hydrogen (secondary N) is 1. The summed E-state index contributed by atoms with van der Waals surface area (Å²) in [6, 6.07) is 2.69. The second kappa shape index (κ2) is 7.16. The van der Waals surface area contributed by atoms with Gasteiger partial charge in [-0.15, -0.1) is 0 Å². The predicted octanol–water partition coefficient (Wildman–Crippen LogP) is 3.36. The van der Waals surface area contributed by atoms with Crippen LogP contribution in [0.15, 0.2) is 6.07 Å². The van der Waals surface area contributed by atoms with Gasteiger partial charge in [0.1, 0.15) is 17.5 Å². The van der Waals surface area contributed by atoms with E-state index in [1.807, 2.05) is 11.8 Å². The maximum atomic E-state index is 4.75. The Balaban J connectivity index is 2.23. The van der Waals surface area contributed by atoms with Crippen LogP contribution in [0.5, 0.6) is 0 Å². The van der Waals surface area contributed by atoms with E-state index in [4.69, 9.17) is 4.98 Å². The summed E-state index contributed by atoms with van der Waals surface area (Å²) in [4.78, 5) is 11.7. The third kappa shape index (κ3) is 3.78. The lowest BCUT2D eigenvalue weighted by Crippen LogP contribution is -2.32. The Hall–Kier alpha value is -0.970. The van der Waals surface area contributed by atoms with E-state index in [9.17, 15) is 0 Å². The van der Waals surface area contributed by atoms with Gasteiger partial charge in [-0.25, -0.2) is 9.97 Å². The molecule has 4 nitrogen and oxygen atoms in total. The molecule has 1 aromatic rings. The summed E-state index contributed by atoms with van der Waals surface area (Å²) >= 11 is 2.03. The minimum atomic E-state index is 0.350.